The van der Waals surface area contributed by atoms with E-state index >= 15 is 0 Å². The van der Waals surface area contributed by atoms with Gasteiger partial charge in [0.2, 0.25) is 0 Å². The molecule has 1 saturated heterocycles. The Kier molecular flexibility index (Phi) is 3.56. The van der Waals surface area contributed by atoms with Gasteiger partial charge in [-0.2, -0.15) is 0 Å². The maximum atomic E-state index is 11.3. The number of carbonyl (C=O) groups is 1. The molecule has 1 heterocycles. The van der Waals surface area contributed by atoms with Crippen molar-refractivity contribution in [2.75, 3.05) is 13.7 Å². The minimum Gasteiger partial charge on any atom is -0.469 e. The van der Waals surface area contributed by atoms with Gasteiger partial charge in [0, 0.05) is 6.04 Å². The highest BCUT2D eigenvalue weighted by atomic mass is 35.5. The van der Waals surface area contributed by atoms with Gasteiger partial charge < -0.3 is 10.1 Å². The highest BCUT2D eigenvalue weighted by molar-refractivity contribution is 5.85. The highest BCUT2D eigenvalue weighted by Gasteiger charge is 2.43. The van der Waals surface area contributed by atoms with Gasteiger partial charge in [-0.05, 0) is 31.7 Å². The molecule has 0 aromatic heterocycles. The number of hydrogen-bond donors (Lipinski definition) is 1. The lowest BCUT2D eigenvalue weighted by atomic mass is 9.68. The van der Waals surface area contributed by atoms with Crippen molar-refractivity contribution in [3.8, 4) is 0 Å². The van der Waals surface area contributed by atoms with Crippen molar-refractivity contribution in [1.82, 2.24) is 5.32 Å². The summed E-state index contributed by atoms with van der Waals surface area (Å²) in [6.45, 7) is 0.973. The van der Waals surface area contributed by atoms with E-state index in [-0.39, 0.29) is 24.3 Å². The Balaban J connectivity index is 0.000000845. The fourth-order valence-electron chi connectivity index (χ4n) is 2.34. The second-order valence-corrected chi connectivity index (χ2v) is 3.72. The molecule has 3 nitrogen and oxygen atoms in total. The van der Waals surface area contributed by atoms with Crippen LogP contribution in [0.4, 0.5) is 0 Å². The first kappa shape index (κ1) is 10.8. The molecule has 2 rings (SSSR count). The number of hydrogen-bond acceptors (Lipinski definition) is 3. The molecule has 13 heavy (non-hydrogen) atoms. The molecule has 1 aliphatic carbocycles. The zero-order valence-corrected chi connectivity index (χ0v) is 8.60. The highest BCUT2D eigenvalue weighted by Crippen LogP contribution is 2.38. The van der Waals surface area contributed by atoms with Gasteiger partial charge in [0.15, 0.2) is 0 Å². The van der Waals surface area contributed by atoms with Crippen LogP contribution < -0.4 is 5.32 Å². The van der Waals surface area contributed by atoms with Crippen LogP contribution in [0.2, 0.25) is 0 Å². The van der Waals surface area contributed by atoms with E-state index in [2.05, 4.69) is 5.32 Å². The molecule has 1 N–H and O–H groups in total. The number of esters is 1. The fraction of sp³-hybridized carbons (Fsp3) is 0.889. The maximum absolute atomic E-state index is 11.3. The van der Waals surface area contributed by atoms with Gasteiger partial charge in [-0.3, -0.25) is 4.79 Å². The van der Waals surface area contributed by atoms with E-state index < -0.39 is 0 Å². The second kappa shape index (κ2) is 4.29. The summed E-state index contributed by atoms with van der Waals surface area (Å²) in [5.74, 6) is 0.729. The lowest BCUT2D eigenvalue weighted by Crippen LogP contribution is -2.54. The average Bonchev–Trinajstić information content (AvgIpc) is 2.05. The van der Waals surface area contributed by atoms with Gasteiger partial charge in [0.05, 0.1) is 13.0 Å². The summed E-state index contributed by atoms with van der Waals surface area (Å²) in [4.78, 5) is 11.3. The van der Waals surface area contributed by atoms with E-state index in [1.54, 1.807) is 0 Å². The standard InChI is InChI=1S/C9H15NO2.ClH/c1-12-9(11)7-4-5-10-8-3-2-6(7)8;/h6-8,10H,2-5H2,1H3;1H. The van der Waals surface area contributed by atoms with Gasteiger partial charge in [-0.15, -0.1) is 12.4 Å². The second-order valence-electron chi connectivity index (χ2n) is 3.72. The number of methoxy groups -OCH3 is 1. The molecule has 2 aliphatic rings. The van der Waals surface area contributed by atoms with Gasteiger partial charge in [0.1, 0.15) is 0 Å². The smallest absolute Gasteiger partial charge is 0.309 e. The zero-order chi connectivity index (χ0) is 8.55. The van der Waals surface area contributed by atoms with E-state index in [1.807, 2.05) is 0 Å². The van der Waals surface area contributed by atoms with Crippen LogP contribution in [0.25, 0.3) is 0 Å². The summed E-state index contributed by atoms with van der Waals surface area (Å²) in [6.07, 6.45) is 3.38. The summed E-state index contributed by atoms with van der Waals surface area (Å²) in [5.41, 5.74) is 0. The topological polar surface area (TPSA) is 38.3 Å². The quantitative estimate of drug-likeness (QED) is 0.649. The van der Waals surface area contributed by atoms with Crippen LogP contribution >= 0.6 is 12.4 Å². The van der Waals surface area contributed by atoms with Gasteiger partial charge in [-0.1, -0.05) is 0 Å². The minimum atomic E-state index is -0.00815. The molecule has 0 spiro atoms. The lowest BCUT2D eigenvalue weighted by molar-refractivity contribution is -0.151. The van der Waals surface area contributed by atoms with Crippen LogP contribution in [-0.4, -0.2) is 25.7 Å². The number of nitrogens with one attached hydrogen (secondary N) is 1. The summed E-state index contributed by atoms with van der Waals surface area (Å²) in [7, 11) is 1.48. The third-order valence-corrected chi connectivity index (χ3v) is 3.21. The lowest BCUT2D eigenvalue weighted by Gasteiger charge is -2.45. The first-order valence-electron chi connectivity index (χ1n) is 4.64. The number of rotatable bonds is 1. The third kappa shape index (κ3) is 1.81. The summed E-state index contributed by atoms with van der Waals surface area (Å²) in [5, 5.41) is 3.42. The van der Waals surface area contributed by atoms with Crippen LogP contribution in [0.3, 0.4) is 0 Å². The molecule has 76 valence electrons. The van der Waals surface area contributed by atoms with Crippen molar-refractivity contribution in [3.63, 3.8) is 0 Å². The molecule has 1 saturated carbocycles. The van der Waals surface area contributed by atoms with Crippen molar-refractivity contribution in [2.45, 2.75) is 25.3 Å². The average molecular weight is 206 g/mol. The zero-order valence-electron chi connectivity index (χ0n) is 7.79. The largest absolute Gasteiger partial charge is 0.469 e. The van der Waals surface area contributed by atoms with E-state index in [9.17, 15) is 4.79 Å². The van der Waals surface area contributed by atoms with Crippen molar-refractivity contribution in [1.29, 1.82) is 0 Å². The van der Waals surface area contributed by atoms with Crippen molar-refractivity contribution in [2.24, 2.45) is 11.8 Å². The molecule has 4 heteroatoms. The van der Waals surface area contributed by atoms with Crippen molar-refractivity contribution in [3.05, 3.63) is 0 Å². The molecule has 0 bridgehead atoms. The number of ether oxygens (including phenoxy) is 1. The van der Waals surface area contributed by atoms with Crippen LogP contribution in [0.1, 0.15) is 19.3 Å². The van der Waals surface area contributed by atoms with Gasteiger partial charge >= 0.3 is 5.97 Å². The summed E-state index contributed by atoms with van der Waals surface area (Å²) < 4.78 is 4.78. The molecule has 2 fully saturated rings. The van der Waals surface area contributed by atoms with Crippen molar-refractivity contribution >= 4 is 18.4 Å². The minimum absolute atomic E-state index is 0. The Morgan fingerprint density at radius 1 is 1.38 bits per heavy atom. The van der Waals surface area contributed by atoms with E-state index in [0.717, 1.165) is 13.0 Å². The van der Waals surface area contributed by atoms with Crippen LogP contribution in [-0.2, 0) is 9.53 Å². The SMILES string of the molecule is COC(=O)C1CCNC2CCC21.Cl. The summed E-state index contributed by atoms with van der Waals surface area (Å²) in [6, 6.07) is 0.600. The molecular weight excluding hydrogens is 190 g/mol. The normalized spacial score (nSPS) is 36.5. The molecule has 3 atom stereocenters. The Hall–Kier alpha value is -0.280. The number of halogens is 1. The van der Waals surface area contributed by atoms with Crippen LogP contribution in [0, 0.1) is 11.8 Å². The molecule has 0 amide bonds. The Morgan fingerprint density at radius 2 is 2.15 bits per heavy atom. The Morgan fingerprint density at radius 3 is 2.69 bits per heavy atom. The van der Waals surface area contributed by atoms with Crippen LogP contribution in [0.5, 0.6) is 0 Å². The fourth-order valence-corrected chi connectivity index (χ4v) is 2.34. The molecule has 0 aromatic rings. The number of piperidine rings is 1. The summed E-state index contributed by atoms with van der Waals surface area (Å²) >= 11 is 0. The van der Waals surface area contributed by atoms with Crippen LogP contribution in [0.15, 0.2) is 0 Å². The van der Waals surface area contributed by atoms with Gasteiger partial charge in [0.25, 0.3) is 0 Å². The predicted octanol–water partition coefficient (Wildman–Crippen LogP) is 0.969. The molecular formula is C9H16ClNO2. The number of fused-ring (bicyclic) bond motifs is 1. The van der Waals surface area contributed by atoms with Crippen molar-refractivity contribution < 1.29 is 9.53 Å². The molecule has 0 aromatic carbocycles. The Labute approximate surface area is 84.6 Å². The van der Waals surface area contributed by atoms with E-state index in [4.69, 9.17) is 4.74 Å². The Bertz CT molecular complexity index is 198. The third-order valence-electron chi connectivity index (χ3n) is 3.21. The maximum Gasteiger partial charge on any atom is 0.309 e. The monoisotopic (exact) mass is 205 g/mol. The molecule has 3 unspecified atom stereocenters. The first-order valence-corrected chi connectivity index (χ1v) is 4.64. The van der Waals surface area contributed by atoms with Gasteiger partial charge in [-0.25, -0.2) is 0 Å². The molecule has 1 aliphatic heterocycles. The molecule has 0 radical (unpaired) electrons. The van der Waals surface area contributed by atoms with E-state index in [0.29, 0.717) is 12.0 Å². The van der Waals surface area contributed by atoms with E-state index in [1.165, 1.54) is 20.0 Å². The number of carbonyl (C=O) groups excluding carboxylic acids is 1. The first-order chi connectivity index (χ1) is 5.83. The predicted molar refractivity (Wildman–Crippen MR) is 51.9 cm³/mol.